The van der Waals surface area contributed by atoms with Crippen molar-refractivity contribution in [3.63, 3.8) is 0 Å². The number of ketones is 2. The van der Waals surface area contributed by atoms with Gasteiger partial charge in [0.15, 0.2) is 5.78 Å². The van der Waals surface area contributed by atoms with E-state index in [-0.39, 0.29) is 48.5 Å². The highest BCUT2D eigenvalue weighted by Crippen LogP contribution is 2.34. The number of aromatic nitrogens is 3. The molecular formula is C23H26N4O7. The highest BCUT2D eigenvalue weighted by Gasteiger charge is 2.45. The molecule has 1 atom stereocenters. The SMILES string of the molecule is CCOCCOCCn1cc(COc2cccc3c2C(=O)N(C2CCC(=O)CC2=O)C3=O)nn1. The Labute approximate surface area is 195 Å². The molecule has 1 aromatic carbocycles. The van der Waals surface area contributed by atoms with Crippen LogP contribution >= 0.6 is 0 Å². The van der Waals surface area contributed by atoms with Crippen LogP contribution in [-0.2, 0) is 32.2 Å². The van der Waals surface area contributed by atoms with Gasteiger partial charge in [0.25, 0.3) is 11.8 Å². The largest absolute Gasteiger partial charge is 0.486 e. The Morgan fingerprint density at radius 2 is 1.88 bits per heavy atom. The number of carbonyl (C=O) groups excluding carboxylic acids is 4. The molecule has 34 heavy (non-hydrogen) atoms. The minimum absolute atomic E-state index is 0.0416. The van der Waals surface area contributed by atoms with Gasteiger partial charge in [-0.15, -0.1) is 5.10 Å². The zero-order valence-corrected chi connectivity index (χ0v) is 18.9. The zero-order chi connectivity index (χ0) is 24.1. The van der Waals surface area contributed by atoms with Crippen molar-refractivity contribution in [1.29, 1.82) is 0 Å². The smallest absolute Gasteiger partial charge is 0.266 e. The molecule has 1 fully saturated rings. The predicted molar refractivity (Wildman–Crippen MR) is 116 cm³/mol. The Morgan fingerprint density at radius 1 is 1.06 bits per heavy atom. The standard InChI is InChI=1S/C23H26N4O7/c1-2-32-10-11-33-9-8-26-13-15(24-25-26)14-34-20-5-3-4-17-21(20)23(31)27(22(17)30)18-7-6-16(28)12-19(18)29/h3-5,13,18H,2,6-12,14H2,1H3. The van der Waals surface area contributed by atoms with Gasteiger partial charge in [-0.05, 0) is 25.5 Å². The summed E-state index contributed by atoms with van der Waals surface area (Å²) in [6.45, 7) is 4.63. The molecule has 2 heterocycles. The van der Waals surface area contributed by atoms with Crippen LogP contribution in [0.1, 0.15) is 52.6 Å². The van der Waals surface area contributed by atoms with Gasteiger partial charge < -0.3 is 14.2 Å². The van der Waals surface area contributed by atoms with Crippen LogP contribution in [0.25, 0.3) is 0 Å². The van der Waals surface area contributed by atoms with Crippen molar-refractivity contribution < 1.29 is 33.4 Å². The average molecular weight is 470 g/mol. The second-order valence-electron chi connectivity index (χ2n) is 7.97. The molecule has 4 rings (SSSR count). The number of rotatable bonds is 11. The molecular weight excluding hydrogens is 444 g/mol. The first-order chi connectivity index (χ1) is 16.5. The molecule has 1 unspecified atom stereocenters. The number of imide groups is 1. The summed E-state index contributed by atoms with van der Waals surface area (Å²) in [5.41, 5.74) is 0.842. The van der Waals surface area contributed by atoms with Crippen LogP contribution in [0.5, 0.6) is 5.75 Å². The molecule has 2 aromatic rings. The number of benzene rings is 1. The van der Waals surface area contributed by atoms with Gasteiger partial charge in [-0.2, -0.15) is 0 Å². The number of fused-ring (bicyclic) bond motifs is 1. The monoisotopic (exact) mass is 470 g/mol. The molecule has 1 saturated carbocycles. The summed E-state index contributed by atoms with van der Waals surface area (Å²) in [7, 11) is 0. The van der Waals surface area contributed by atoms with E-state index in [0.29, 0.717) is 38.7 Å². The minimum Gasteiger partial charge on any atom is -0.486 e. The van der Waals surface area contributed by atoms with Gasteiger partial charge in [-0.25, -0.2) is 4.68 Å². The van der Waals surface area contributed by atoms with Crippen molar-refractivity contribution in [3.8, 4) is 5.75 Å². The maximum Gasteiger partial charge on any atom is 0.266 e. The molecule has 0 bridgehead atoms. The van der Waals surface area contributed by atoms with Crippen LogP contribution < -0.4 is 4.74 Å². The van der Waals surface area contributed by atoms with E-state index in [9.17, 15) is 19.2 Å². The summed E-state index contributed by atoms with van der Waals surface area (Å²) in [6, 6.07) is 3.82. The Bertz CT molecular complexity index is 1100. The summed E-state index contributed by atoms with van der Waals surface area (Å²) >= 11 is 0. The first-order valence-corrected chi connectivity index (χ1v) is 11.2. The maximum atomic E-state index is 13.1. The van der Waals surface area contributed by atoms with E-state index >= 15 is 0 Å². The number of hydrogen-bond acceptors (Lipinski definition) is 9. The van der Waals surface area contributed by atoms with Gasteiger partial charge in [-0.3, -0.25) is 24.1 Å². The Kier molecular flexibility index (Phi) is 7.43. The van der Waals surface area contributed by atoms with Crippen molar-refractivity contribution >= 4 is 23.4 Å². The van der Waals surface area contributed by atoms with E-state index in [4.69, 9.17) is 14.2 Å². The van der Waals surface area contributed by atoms with Crippen LogP contribution in [0.3, 0.4) is 0 Å². The molecule has 2 aliphatic rings. The molecule has 0 spiro atoms. The van der Waals surface area contributed by atoms with Crippen molar-refractivity contribution in [3.05, 3.63) is 41.2 Å². The molecule has 1 aromatic heterocycles. The molecule has 11 nitrogen and oxygen atoms in total. The highest BCUT2D eigenvalue weighted by molar-refractivity contribution is 6.24. The van der Waals surface area contributed by atoms with E-state index in [1.54, 1.807) is 23.0 Å². The number of ether oxygens (including phenoxy) is 3. The quantitative estimate of drug-likeness (QED) is 0.270. The van der Waals surface area contributed by atoms with E-state index in [2.05, 4.69) is 10.3 Å². The van der Waals surface area contributed by atoms with Crippen molar-refractivity contribution in [1.82, 2.24) is 19.9 Å². The van der Waals surface area contributed by atoms with Gasteiger partial charge in [-0.1, -0.05) is 11.3 Å². The number of Topliss-reactive ketones (excluding diaryl/α,β-unsaturated/α-hetero) is 2. The summed E-state index contributed by atoms with van der Waals surface area (Å²) in [5, 5.41) is 8.09. The van der Waals surface area contributed by atoms with Gasteiger partial charge >= 0.3 is 0 Å². The molecule has 180 valence electrons. The third-order valence-electron chi connectivity index (χ3n) is 5.66. The molecule has 0 radical (unpaired) electrons. The summed E-state index contributed by atoms with van der Waals surface area (Å²) in [5.74, 6) is -1.49. The Morgan fingerprint density at radius 3 is 2.68 bits per heavy atom. The summed E-state index contributed by atoms with van der Waals surface area (Å²) in [4.78, 5) is 50.9. The fraction of sp³-hybridized carbons (Fsp3) is 0.478. The number of amides is 2. The fourth-order valence-corrected chi connectivity index (χ4v) is 4.00. The third-order valence-corrected chi connectivity index (χ3v) is 5.66. The topological polar surface area (TPSA) is 130 Å². The van der Waals surface area contributed by atoms with Crippen molar-refractivity contribution in [2.24, 2.45) is 0 Å². The molecule has 11 heteroatoms. The summed E-state index contributed by atoms with van der Waals surface area (Å²) < 4.78 is 18.1. The Hall–Kier alpha value is -3.44. The van der Waals surface area contributed by atoms with Crippen LogP contribution in [0.15, 0.2) is 24.4 Å². The lowest BCUT2D eigenvalue weighted by atomic mass is 9.92. The lowest BCUT2D eigenvalue weighted by Gasteiger charge is -2.27. The second kappa shape index (κ2) is 10.7. The second-order valence-corrected chi connectivity index (χ2v) is 7.97. The zero-order valence-electron chi connectivity index (χ0n) is 18.9. The average Bonchev–Trinajstić information content (AvgIpc) is 3.38. The molecule has 0 N–H and O–H groups in total. The van der Waals surface area contributed by atoms with E-state index in [0.717, 1.165) is 4.90 Å². The van der Waals surface area contributed by atoms with Gasteiger partial charge in [0, 0.05) is 13.0 Å². The van der Waals surface area contributed by atoms with Gasteiger partial charge in [0.05, 0.1) is 56.2 Å². The first-order valence-electron chi connectivity index (χ1n) is 11.2. The lowest BCUT2D eigenvalue weighted by Crippen LogP contribution is -2.47. The highest BCUT2D eigenvalue weighted by atomic mass is 16.5. The molecule has 2 amide bonds. The van der Waals surface area contributed by atoms with Gasteiger partial charge in [0.1, 0.15) is 23.8 Å². The third kappa shape index (κ3) is 5.05. The first kappa shape index (κ1) is 23.7. The normalized spacial score (nSPS) is 18.0. The van der Waals surface area contributed by atoms with Crippen molar-refractivity contribution in [2.45, 2.75) is 45.4 Å². The van der Waals surface area contributed by atoms with Gasteiger partial charge in [0.2, 0.25) is 0 Å². The number of hydrogen-bond donors (Lipinski definition) is 0. The number of nitrogens with zero attached hydrogens (tertiary/aromatic N) is 4. The van der Waals surface area contributed by atoms with Crippen LogP contribution in [-0.4, -0.2) is 75.7 Å². The molecule has 1 aliphatic carbocycles. The Balaban J connectivity index is 1.38. The molecule has 0 saturated heterocycles. The van der Waals surface area contributed by atoms with Crippen LogP contribution in [0, 0.1) is 0 Å². The summed E-state index contributed by atoms with van der Waals surface area (Å²) in [6.07, 6.45) is 1.78. The van der Waals surface area contributed by atoms with Crippen molar-refractivity contribution in [2.75, 3.05) is 26.4 Å². The van der Waals surface area contributed by atoms with E-state index < -0.39 is 23.6 Å². The lowest BCUT2D eigenvalue weighted by molar-refractivity contribution is -0.132. The number of carbonyl (C=O) groups is 4. The minimum atomic E-state index is -0.923. The van der Waals surface area contributed by atoms with Crippen LogP contribution in [0.4, 0.5) is 0 Å². The maximum absolute atomic E-state index is 13.1. The van der Waals surface area contributed by atoms with E-state index in [1.165, 1.54) is 6.07 Å². The fourth-order valence-electron chi connectivity index (χ4n) is 4.00. The molecule has 1 aliphatic heterocycles. The predicted octanol–water partition coefficient (Wildman–Crippen LogP) is 1.20. The van der Waals surface area contributed by atoms with E-state index in [1.807, 2.05) is 6.92 Å². The van der Waals surface area contributed by atoms with Crippen LogP contribution in [0.2, 0.25) is 0 Å².